The van der Waals surface area contributed by atoms with Gasteiger partial charge in [0.1, 0.15) is 0 Å². The first-order chi connectivity index (χ1) is 7.07. The summed E-state index contributed by atoms with van der Waals surface area (Å²) in [5.74, 6) is 0.362. The molecule has 1 saturated heterocycles. The van der Waals surface area contributed by atoms with Crippen molar-refractivity contribution in [1.82, 2.24) is 4.31 Å². The van der Waals surface area contributed by atoms with Gasteiger partial charge < -0.3 is 0 Å². The molecule has 1 aliphatic heterocycles. The predicted octanol–water partition coefficient (Wildman–Crippen LogP) is 1.44. The monoisotopic (exact) mass is 225 g/mol. The number of rotatable bonds is 2. The van der Waals surface area contributed by atoms with E-state index < -0.39 is 10.0 Å². The van der Waals surface area contributed by atoms with Crippen molar-refractivity contribution in [2.75, 3.05) is 19.3 Å². The second kappa shape index (κ2) is 3.94. The molecule has 1 aliphatic rings. The van der Waals surface area contributed by atoms with Crippen molar-refractivity contribution >= 4 is 10.0 Å². The molecule has 1 aromatic carbocycles. The summed E-state index contributed by atoms with van der Waals surface area (Å²) < 4.78 is 24.2. The molecule has 0 unspecified atom stereocenters. The summed E-state index contributed by atoms with van der Waals surface area (Å²) in [6, 6.07) is 10.1. The van der Waals surface area contributed by atoms with E-state index in [1.54, 1.807) is 4.31 Å². The minimum Gasteiger partial charge on any atom is -0.213 e. The van der Waals surface area contributed by atoms with Gasteiger partial charge >= 0.3 is 0 Å². The molecule has 0 N–H and O–H groups in total. The SMILES string of the molecule is CS(=O)(=O)N1CC[C@H](c2ccccc2)C1. The first kappa shape index (κ1) is 10.6. The predicted molar refractivity (Wildman–Crippen MR) is 60.2 cm³/mol. The molecule has 82 valence electrons. The second-order valence-corrected chi connectivity index (χ2v) is 6.00. The average molecular weight is 225 g/mol. The van der Waals surface area contributed by atoms with Crippen LogP contribution in [-0.2, 0) is 10.0 Å². The summed E-state index contributed by atoms with van der Waals surface area (Å²) in [4.78, 5) is 0. The van der Waals surface area contributed by atoms with E-state index in [2.05, 4.69) is 12.1 Å². The topological polar surface area (TPSA) is 37.4 Å². The van der Waals surface area contributed by atoms with Crippen LogP contribution in [0.1, 0.15) is 17.9 Å². The van der Waals surface area contributed by atoms with Crippen molar-refractivity contribution in [2.45, 2.75) is 12.3 Å². The molecule has 0 radical (unpaired) electrons. The molecule has 0 amide bonds. The summed E-state index contributed by atoms with van der Waals surface area (Å²) in [6.07, 6.45) is 2.21. The Bertz CT molecular complexity index is 427. The highest BCUT2D eigenvalue weighted by atomic mass is 32.2. The van der Waals surface area contributed by atoms with Crippen molar-refractivity contribution in [2.24, 2.45) is 0 Å². The van der Waals surface area contributed by atoms with Crippen molar-refractivity contribution in [1.29, 1.82) is 0 Å². The fraction of sp³-hybridized carbons (Fsp3) is 0.455. The van der Waals surface area contributed by atoms with E-state index in [9.17, 15) is 8.42 Å². The summed E-state index contributed by atoms with van der Waals surface area (Å²) in [5.41, 5.74) is 1.24. The molecule has 4 heteroatoms. The normalized spacial score (nSPS) is 23.1. The van der Waals surface area contributed by atoms with Gasteiger partial charge in [-0.15, -0.1) is 0 Å². The third kappa shape index (κ3) is 2.38. The summed E-state index contributed by atoms with van der Waals surface area (Å²) in [7, 11) is -3.01. The Morgan fingerprint density at radius 2 is 1.93 bits per heavy atom. The molecule has 0 aliphatic carbocycles. The maximum absolute atomic E-state index is 11.3. The molecule has 15 heavy (non-hydrogen) atoms. The third-order valence-electron chi connectivity index (χ3n) is 2.89. The Morgan fingerprint density at radius 3 is 2.47 bits per heavy atom. The van der Waals surface area contributed by atoms with E-state index in [-0.39, 0.29) is 0 Å². The zero-order valence-corrected chi connectivity index (χ0v) is 9.57. The highest BCUT2D eigenvalue weighted by molar-refractivity contribution is 7.88. The number of hydrogen-bond acceptors (Lipinski definition) is 2. The minimum atomic E-state index is -3.01. The van der Waals surface area contributed by atoms with Crippen molar-refractivity contribution in [3.63, 3.8) is 0 Å². The van der Waals surface area contributed by atoms with Gasteiger partial charge in [0.05, 0.1) is 6.26 Å². The van der Waals surface area contributed by atoms with Gasteiger partial charge in [0.25, 0.3) is 0 Å². The van der Waals surface area contributed by atoms with Gasteiger partial charge in [-0.05, 0) is 17.9 Å². The second-order valence-electron chi connectivity index (χ2n) is 4.02. The van der Waals surface area contributed by atoms with Gasteiger partial charge in [-0.3, -0.25) is 0 Å². The molecule has 1 atom stereocenters. The molecule has 1 aromatic rings. The van der Waals surface area contributed by atoms with Crippen LogP contribution >= 0.6 is 0 Å². The lowest BCUT2D eigenvalue weighted by molar-refractivity contribution is 0.478. The van der Waals surface area contributed by atoms with Crippen LogP contribution in [0.25, 0.3) is 0 Å². The molecular formula is C11H15NO2S. The van der Waals surface area contributed by atoms with Crippen LogP contribution in [0.15, 0.2) is 30.3 Å². The van der Waals surface area contributed by atoms with E-state index in [4.69, 9.17) is 0 Å². The van der Waals surface area contributed by atoms with Gasteiger partial charge in [0, 0.05) is 13.1 Å². The molecular weight excluding hydrogens is 210 g/mol. The summed E-state index contributed by atoms with van der Waals surface area (Å²) in [6.45, 7) is 1.28. The highest BCUT2D eigenvalue weighted by Crippen LogP contribution is 2.27. The van der Waals surface area contributed by atoms with E-state index in [1.165, 1.54) is 11.8 Å². The van der Waals surface area contributed by atoms with Crippen LogP contribution in [0.3, 0.4) is 0 Å². The van der Waals surface area contributed by atoms with Crippen LogP contribution in [0.4, 0.5) is 0 Å². The van der Waals surface area contributed by atoms with Crippen LogP contribution in [0.5, 0.6) is 0 Å². The van der Waals surface area contributed by atoms with E-state index in [0.717, 1.165) is 6.42 Å². The van der Waals surface area contributed by atoms with Crippen LogP contribution in [0.2, 0.25) is 0 Å². The smallest absolute Gasteiger partial charge is 0.211 e. The van der Waals surface area contributed by atoms with Gasteiger partial charge in [0.2, 0.25) is 10.0 Å². The molecule has 1 heterocycles. The van der Waals surface area contributed by atoms with E-state index >= 15 is 0 Å². The third-order valence-corrected chi connectivity index (χ3v) is 4.16. The lowest BCUT2D eigenvalue weighted by Crippen LogP contribution is -2.27. The molecule has 3 nitrogen and oxygen atoms in total. The maximum Gasteiger partial charge on any atom is 0.211 e. The summed E-state index contributed by atoms with van der Waals surface area (Å²) in [5, 5.41) is 0. The molecule has 0 aromatic heterocycles. The fourth-order valence-electron chi connectivity index (χ4n) is 2.03. The Labute approximate surface area is 90.8 Å². The van der Waals surface area contributed by atoms with Crippen molar-refractivity contribution < 1.29 is 8.42 Å². The van der Waals surface area contributed by atoms with Gasteiger partial charge in [-0.1, -0.05) is 30.3 Å². The Kier molecular flexibility index (Phi) is 2.80. The zero-order chi connectivity index (χ0) is 10.9. The number of nitrogens with zero attached hydrogens (tertiary/aromatic N) is 1. The Hall–Kier alpha value is -0.870. The Morgan fingerprint density at radius 1 is 1.27 bits per heavy atom. The Balaban J connectivity index is 2.12. The number of hydrogen-bond donors (Lipinski definition) is 0. The first-order valence-corrected chi connectivity index (χ1v) is 6.92. The molecule has 0 spiro atoms. The van der Waals surface area contributed by atoms with Crippen LogP contribution < -0.4 is 0 Å². The molecule has 0 bridgehead atoms. The average Bonchev–Trinajstić information content (AvgIpc) is 2.67. The standard InChI is InChI=1S/C11H15NO2S/c1-15(13,14)12-8-7-11(9-12)10-5-3-2-4-6-10/h2-6,11H,7-9H2,1H3/t11-/m0/s1. The fourth-order valence-corrected chi connectivity index (χ4v) is 2.91. The van der Waals surface area contributed by atoms with E-state index in [0.29, 0.717) is 19.0 Å². The summed E-state index contributed by atoms with van der Waals surface area (Å²) >= 11 is 0. The minimum absolute atomic E-state index is 0.362. The zero-order valence-electron chi connectivity index (χ0n) is 8.76. The van der Waals surface area contributed by atoms with Gasteiger partial charge in [0.15, 0.2) is 0 Å². The maximum atomic E-state index is 11.3. The van der Waals surface area contributed by atoms with E-state index in [1.807, 2.05) is 18.2 Å². The molecule has 0 saturated carbocycles. The van der Waals surface area contributed by atoms with Crippen LogP contribution in [0, 0.1) is 0 Å². The van der Waals surface area contributed by atoms with Gasteiger partial charge in [-0.25, -0.2) is 12.7 Å². The number of sulfonamides is 1. The lowest BCUT2D eigenvalue weighted by Gasteiger charge is -2.13. The van der Waals surface area contributed by atoms with Crippen molar-refractivity contribution in [3.05, 3.63) is 35.9 Å². The van der Waals surface area contributed by atoms with Crippen molar-refractivity contribution in [3.8, 4) is 0 Å². The highest BCUT2D eigenvalue weighted by Gasteiger charge is 2.29. The largest absolute Gasteiger partial charge is 0.213 e. The molecule has 2 rings (SSSR count). The lowest BCUT2D eigenvalue weighted by atomic mass is 9.99. The quantitative estimate of drug-likeness (QED) is 0.763. The number of benzene rings is 1. The van der Waals surface area contributed by atoms with Gasteiger partial charge in [-0.2, -0.15) is 0 Å². The van der Waals surface area contributed by atoms with Crippen LogP contribution in [-0.4, -0.2) is 32.1 Å². The molecule has 1 fully saturated rings. The first-order valence-electron chi connectivity index (χ1n) is 5.07.